The monoisotopic (exact) mass is 249 g/mol. The summed E-state index contributed by atoms with van der Waals surface area (Å²) < 4.78 is 5.91. The molecular formula is C16H27NO. The maximum absolute atomic E-state index is 5.91. The first-order valence-electron chi connectivity index (χ1n) is 6.94. The molecule has 2 heteroatoms. The summed E-state index contributed by atoms with van der Waals surface area (Å²) in [4.78, 5) is 0. The number of nitrogens with one attached hydrogen (secondary N) is 1. The third-order valence-corrected chi connectivity index (χ3v) is 3.39. The van der Waals surface area contributed by atoms with Crippen LogP contribution in [0.15, 0.2) is 18.2 Å². The molecule has 0 radical (unpaired) electrons. The van der Waals surface area contributed by atoms with Gasteiger partial charge in [0.05, 0.1) is 18.8 Å². The van der Waals surface area contributed by atoms with Crippen LogP contribution in [0.5, 0.6) is 0 Å². The average Bonchev–Trinajstić information content (AvgIpc) is 2.32. The van der Waals surface area contributed by atoms with E-state index in [9.17, 15) is 0 Å². The predicted molar refractivity (Wildman–Crippen MR) is 78.0 cm³/mol. The van der Waals surface area contributed by atoms with E-state index in [4.69, 9.17) is 4.74 Å². The van der Waals surface area contributed by atoms with E-state index < -0.39 is 0 Å². The second-order valence-electron chi connectivity index (χ2n) is 5.13. The first-order valence-corrected chi connectivity index (χ1v) is 6.94. The Kier molecular flexibility index (Phi) is 6.37. The van der Waals surface area contributed by atoms with Crippen molar-refractivity contribution in [2.24, 2.45) is 0 Å². The lowest BCUT2D eigenvalue weighted by atomic mass is 10.00. The highest BCUT2D eigenvalue weighted by molar-refractivity contribution is 5.32. The molecule has 0 aliphatic heterocycles. The van der Waals surface area contributed by atoms with Gasteiger partial charge in [0.1, 0.15) is 0 Å². The molecule has 0 bridgehead atoms. The molecule has 2 atom stereocenters. The first-order chi connectivity index (χ1) is 8.58. The van der Waals surface area contributed by atoms with E-state index in [1.165, 1.54) is 23.1 Å². The zero-order valence-corrected chi connectivity index (χ0v) is 12.4. The molecule has 0 aliphatic rings. The van der Waals surface area contributed by atoms with Crippen LogP contribution in [0.2, 0.25) is 0 Å². The quantitative estimate of drug-likeness (QED) is 0.794. The van der Waals surface area contributed by atoms with Crippen molar-refractivity contribution in [3.05, 3.63) is 34.9 Å². The van der Waals surface area contributed by atoms with Gasteiger partial charge in [0.15, 0.2) is 0 Å². The average molecular weight is 249 g/mol. The molecule has 0 saturated carbocycles. The summed E-state index contributed by atoms with van der Waals surface area (Å²) in [5.74, 6) is 0. The van der Waals surface area contributed by atoms with Crippen molar-refractivity contribution in [3.63, 3.8) is 0 Å². The lowest BCUT2D eigenvalue weighted by Crippen LogP contribution is -2.25. The number of aryl methyl sites for hydroxylation is 2. The van der Waals surface area contributed by atoms with Crippen LogP contribution >= 0.6 is 0 Å². The smallest absolute Gasteiger partial charge is 0.0665 e. The number of benzene rings is 1. The van der Waals surface area contributed by atoms with Crippen molar-refractivity contribution >= 4 is 0 Å². The molecule has 2 unspecified atom stereocenters. The highest BCUT2D eigenvalue weighted by Gasteiger charge is 2.13. The second-order valence-corrected chi connectivity index (χ2v) is 5.13. The van der Waals surface area contributed by atoms with Crippen molar-refractivity contribution in [1.29, 1.82) is 0 Å². The van der Waals surface area contributed by atoms with Crippen LogP contribution < -0.4 is 5.32 Å². The van der Waals surface area contributed by atoms with E-state index in [0.29, 0.717) is 6.10 Å². The summed E-state index contributed by atoms with van der Waals surface area (Å²) >= 11 is 0. The van der Waals surface area contributed by atoms with Gasteiger partial charge in [0, 0.05) is 0 Å². The molecule has 1 aromatic carbocycles. The predicted octanol–water partition coefficient (Wildman–Crippen LogP) is 3.77. The Morgan fingerprint density at radius 3 is 2.56 bits per heavy atom. The van der Waals surface area contributed by atoms with Crippen LogP contribution in [0.4, 0.5) is 0 Å². The zero-order chi connectivity index (χ0) is 13.5. The second kappa shape index (κ2) is 7.55. The molecule has 2 nitrogen and oxygen atoms in total. The van der Waals surface area contributed by atoms with Crippen LogP contribution in [0.3, 0.4) is 0 Å². The molecule has 18 heavy (non-hydrogen) atoms. The van der Waals surface area contributed by atoms with Gasteiger partial charge >= 0.3 is 0 Å². The van der Waals surface area contributed by atoms with Crippen molar-refractivity contribution in [1.82, 2.24) is 5.32 Å². The van der Waals surface area contributed by atoms with E-state index in [-0.39, 0.29) is 6.04 Å². The highest BCUT2D eigenvalue weighted by atomic mass is 16.5. The standard InChI is InChI=1S/C16H27NO/c1-6-7-14(4)18-11-16(17-5)15-9-8-12(2)10-13(15)3/h8-10,14,16-17H,6-7,11H2,1-5H3. The van der Waals surface area contributed by atoms with Crippen molar-refractivity contribution < 1.29 is 4.74 Å². The molecule has 0 heterocycles. The molecule has 0 amide bonds. The Labute approximate surface area is 112 Å². The van der Waals surface area contributed by atoms with E-state index in [2.05, 4.69) is 51.2 Å². The Hall–Kier alpha value is -0.860. The largest absolute Gasteiger partial charge is 0.377 e. The van der Waals surface area contributed by atoms with Gasteiger partial charge in [-0.15, -0.1) is 0 Å². The van der Waals surface area contributed by atoms with E-state index >= 15 is 0 Å². The van der Waals surface area contributed by atoms with Gasteiger partial charge in [-0.05, 0) is 45.4 Å². The molecule has 0 saturated heterocycles. The minimum absolute atomic E-state index is 0.282. The van der Waals surface area contributed by atoms with Gasteiger partial charge in [0.25, 0.3) is 0 Å². The number of ether oxygens (including phenoxy) is 1. The maximum Gasteiger partial charge on any atom is 0.0665 e. The summed E-state index contributed by atoms with van der Waals surface area (Å²) in [6.45, 7) is 9.38. The highest BCUT2D eigenvalue weighted by Crippen LogP contribution is 2.20. The Morgan fingerprint density at radius 2 is 2.00 bits per heavy atom. The number of likely N-dealkylation sites (N-methyl/N-ethyl adjacent to an activating group) is 1. The van der Waals surface area contributed by atoms with Crippen molar-refractivity contribution in [2.75, 3.05) is 13.7 Å². The zero-order valence-electron chi connectivity index (χ0n) is 12.4. The van der Waals surface area contributed by atoms with E-state index in [1.54, 1.807) is 0 Å². The Bertz CT molecular complexity index is 362. The Balaban J connectivity index is 2.65. The molecule has 0 aliphatic carbocycles. The molecule has 1 N–H and O–H groups in total. The van der Waals surface area contributed by atoms with Gasteiger partial charge in [-0.25, -0.2) is 0 Å². The van der Waals surface area contributed by atoms with E-state index in [0.717, 1.165) is 13.0 Å². The molecule has 1 rings (SSSR count). The Morgan fingerprint density at radius 1 is 1.28 bits per heavy atom. The summed E-state index contributed by atoms with van der Waals surface area (Å²) in [6.07, 6.45) is 2.65. The van der Waals surface area contributed by atoms with Crippen molar-refractivity contribution in [3.8, 4) is 0 Å². The summed E-state index contributed by atoms with van der Waals surface area (Å²) in [7, 11) is 2.00. The van der Waals surface area contributed by atoms with Crippen LogP contribution in [0.25, 0.3) is 0 Å². The molecule has 102 valence electrons. The van der Waals surface area contributed by atoms with Crippen LogP contribution in [-0.4, -0.2) is 19.8 Å². The fourth-order valence-corrected chi connectivity index (χ4v) is 2.30. The molecule has 0 spiro atoms. The summed E-state index contributed by atoms with van der Waals surface area (Å²) in [5, 5.41) is 3.35. The minimum Gasteiger partial charge on any atom is -0.377 e. The topological polar surface area (TPSA) is 21.3 Å². The van der Waals surface area contributed by atoms with Gasteiger partial charge in [0.2, 0.25) is 0 Å². The molecular weight excluding hydrogens is 222 g/mol. The number of hydrogen-bond donors (Lipinski definition) is 1. The van der Waals surface area contributed by atoms with Gasteiger partial charge < -0.3 is 10.1 Å². The number of hydrogen-bond acceptors (Lipinski definition) is 2. The summed E-state index contributed by atoms with van der Waals surface area (Å²) in [5.41, 5.74) is 3.99. The van der Waals surface area contributed by atoms with Gasteiger partial charge in [-0.3, -0.25) is 0 Å². The SMILES string of the molecule is CCCC(C)OCC(NC)c1ccc(C)cc1C. The van der Waals surface area contributed by atoms with Crippen LogP contribution in [0, 0.1) is 13.8 Å². The van der Waals surface area contributed by atoms with Crippen LogP contribution in [0.1, 0.15) is 49.4 Å². The van der Waals surface area contributed by atoms with Crippen LogP contribution in [-0.2, 0) is 4.74 Å². The summed E-state index contributed by atoms with van der Waals surface area (Å²) in [6, 6.07) is 6.89. The molecule has 0 fully saturated rings. The third kappa shape index (κ3) is 4.43. The number of rotatable bonds is 7. The first kappa shape index (κ1) is 15.2. The van der Waals surface area contributed by atoms with Gasteiger partial charge in [-0.2, -0.15) is 0 Å². The van der Waals surface area contributed by atoms with Crippen molar-refractivity contribution in [2.45, 2.75) is 52.7 Å². The fourth-order valence-electron chi connectivity index (χ4n) is 2.30. The van der Waals surface area contributed by atoms with Gasteiger partial charge in [-0.1, -0.05) is 37.1 Å². The maximum atomic E-state index is 5.91. The molecule has 0 aromatic heterocycles. The third-order valence-electron chi connectivity index (χ3n) is 3.39. The normalized spacial score (nSPS) is 14.5. The lowest BCUT2D eigenvalue weighted by molar-refractivity contribution is 0.0452. The minimum atomic E-state index is 0.282. The van der Waals surface area contributed by atoms with E-state index in [1.807, 2.05) is 7.05 Å². The molecule has 1 aromatic rings. The lowest BCUT2D eigenvalue weighted by Gasteiger charge is -2.21. The fraction of sp³-hybridized carbons (Fsp3) is 0.625.